The number of rotatable bonds is 0. The first-order valence-electron chi connectivity index (χ1n) is 3.74. The zero-order chi connectivity index (χ0) is 8.55. The van der Waals surface area contributed by atoms with Crippen molar-refractivity contribution in [1.82, 2.24) is 0 Å². The summed E-state index contributed by atoms with van der Waals surface area (Å²) in [5.74, 6) is -0.267. The molecular formula is C9H8O2S. The van der Waals surface area contributed by atoms with E-state index < -0.39 is 0 Å². The molecule has 1 unspecified atom stereocenters. The zero-order valence-electron chi connectivity index (χ0n) is 6.36. The van der Waals surface area contributed by atoms with Gasteiger partial charge in [0.05, 0.1) is 5.56 Å². The quantitative estimate of drug-likeness (QED) is 0.485. The lowest BCUT2D eigenvalue weighted by molar-refractivity contribution is 0.0430. The van der Waals surface area contributed by atoms with Gasteiger partial charge in [-0.3, -0.25) is 0 Å². The SMILES string of the molecule is O=C1OC(S)Cc2ccccc21. The number of hydrogen-bond acceptors (Lipinski definition) is 3. The highest BCUT2D eigenvalue weighted by molar-refractivity contribution is 7.80. The topological polar surface area (TPSA) is 26.3 Å². The van der Waals surface area contributed by atoms with Crippen molar-refractivity contribution in [2.75, 3.05) is 0 Å². The van der Waals surface area contributed by atoms with E-state index in [0.717, 1.165) is 5.56 Å². The molecule has 0 radical (unpaired) electrons. The van der Waals surface area contributed by atoms with Crippen molar-refractivity contribution in [3.63, 3.8) is 0 Å². The van der Waals surface area contributed by atoms with E-state index in [4.69, 9.17) is 4.74 Å². The number of carbonyl (C=O) groups excluding carboxylic acids is 1. The summed E-state index contributed by atoms with van der Waals surface area (Å²) in [6.45, 7) is 0. The number of benzene rings is 1. The van der Waals surface area contributed by atoms with E-state index in [2.05, 4.69) is 12.6 Å². The largest absolute Gasteiger partial charge is 0.448 e. The third-order valence-electron chi connectivity index (χ3n) is 1.87. The molecule has 0 aliphatic carbocycles. The summed E-state index contributed by atoms with van der Waals surface area (Å²) >= 11 is 4.10. The predicted octanol–water partition coefficient (Wildman–Crippen LogP) is 1.66. The molecule has 0 fully saturated rings. The highest BCUT2D eigenvalue weighted by Crippen LogP contribution is 2.21. The Morgan fingerprint density at radius 3 is 3.00 bits per heavy atom. The highest BCUT2D eigenvalue weighted by atomic mass is 32.1. The summed E-state index contributed by atoms with van der Waals surface area (Å²) in [6.07, 6.45) is 0.699. The second-order valence-corrected chi connectivity index (χ2v) is 3.30. The number of cyclic esters (lactones) is 1. The van der Waals surface area contributed by atoms with Crippen molar-refractivity contribution < 1.29 is 9.53 Å². The molecule has 1 atom stereocenters. The Bertz CT molecular complexity index is 322. The first-order chi connectivity index (χ1) is 5.77. The number of esters is 1. The monoisotopic (exact) mass is 180 g/mol. The Kier molecular flexibility index (Phi) is 1.81. The zero-order valence-corrected chi connectivity index (χ0v) is 7.25. The van der Waals surface area contributed by atoms with Crippen LogP contribution < -0.4 is 0 Å². The number of hydrogen-bond donors (Lipinski definition) is 1. The van der Waals surface area contributed by atoms with Gasteiger partial charge in [0.25, 0.3) is 0 Å². The number of fused-ring (bicyclic) bond motifs is 1. The van der Waals surface area contributed by atoms with Gasteiger partial charge in [0.2, 0.25) is 0 Å². The van der Waals surface area contributed by atoms with Crippen molar-refractivity contribution >= 4 is 18.6 Å². The van der Waals surface area contributed by atoms with Gasteiger partial charge >= 0.3 is 5.97 Å². The highest BCUT2D eigenvalue weighted by Gasteiger charge is 2.22. The molecule has 12 heavy (non-hydrogen) atoms. The van der Waals surface area contributed by atoms with Gasteiger partial charge in [-0.15, -0.1) is 12.6 Å². The Labute approximate surface area is 76.0 Å². The van der Waals surface area contributed by atoms with Gasteiger partial charge in [0.1, 0.15) is 5.44 Å². The minimum atomic E-state index is -0.285. The van der Waals surface area contributed by atoms with Crippen molar-refractivity contribution in [3.8, 4) is 0 Å². The lowest BCUT2D eigenvalue weighted by Crippen LogP contribution is -2.23. The van der Waals surface area contributed by atoms with Crippen LogP contribution in [-0.2, 0) is 11.2 Å². The molecular weight excluding hydrogens is 172 g/mol. The smallest absolute Gasteiger partial charge is 0.339 e. The average Bonchev–Trinajstić information content (AvgIpc) is 2.04. The number of ether oxygens (including phenoxy) is 1. The summed E-state index contributed by atoms with van der Waals surface area (Å²) in [5.41, 5.74) is 1.41. The molecule has 1 aromatic carbocycles. The van der Waals surface area contributed by atoms with Gasteiger partial charge in [0, 0.05) is 6.42 Å². The van der Waals surface area contributed by atoms with Gasteiger partial charge < -0.3 is 4.74 Å². The Morgan fingerprint density at radius 2 is 2.17 bits per heavy atom. The molecule has 2 rings (SSSR count). The van der Waals surface area contributed by atoms with E-state index >= 15 is 0 Å². The molecule has 0 saturated carbocycles. The second-order valence-electron chi connectivity index (χ2n) is 2.72. The molecule has 0 saturated heterocycles. The molecule has 0 bridgehead atoms. The molecule has 0 aromatic heterocycles. The second kappa shape index (κ2) is 2.83. The Morgan fingerprint density at radius 1 is 1.42 bits per heavy atom. The summed E-state index contributed by atoms with van der Waals surface area (Å²) < 4.78 is 4.94. The molecule has 62 valence electrons. The van der Waals surface area contributed by atoms with E-state index in [0.29, 0.717) is 12.0 Å². The molecule has 2 nitrogen and oxygen atoms in total. The summed E-state index contributed by atoms with van der Waals surface area (Å²) in [7, 11) is 0. The van der Waals surface area contributed by atoms with E-state index in [1.54, 1.807) is 6.07 Å². The molecule has 0 amide bonds. The summed E-state index contributed by atoms with van der Waals surface area (Å²) in [5, 5.41) is 0. The van der Waals surface area contributed by atoms with Crippen LogP contribution in [0.25, 0.3) is 0 Å². The lowest BCUT2D eigenvalue weighted by atomic mass is 10.0. The number of thiol groups is 1. The Hall–Kier alpha value is -0.960. The summed E-state index contributed by atoms with van der Waals surface area (Å²) in [4.78, 5) is 11.2. The van der Waals surface area contributed by atoms with Crippen molar-refractivity contribution in [2.45, 2.75) is 11.9 Å². The first kappa shape index (κ1) is 7.68. The molecule has 1 aromatic rings. The maximum Gasteiger partial charge on any atom is 0.339 e. The van der Waals surface area contributed by atoms with E-state index in [1.165, 1.54) is 0 Å². The normalized spacial score (nSPS) is 21.4. The van der Waals surface area contributed by atoms with Crippen LogP contribution in [0.1, 0.15) is 15.9 Å². The molecule has 0 spiro atoms. The lowest BCUT2D eigenvalue weighted by Gasteiger charge is -2.20. The van der Waals surface area contributed by atoms with Crippen molar-refractivity contribution in [2.24, 2.45) is 0 Å². The van der Waals surface area contributed by atoms with Crippen LogP contribution in [0.3, 0.4) is 0 Å². The fourth-order valence-electron chi connectivity index (χ4n) is 1.31. The third kappa shape index (κ3) is 1.20. The first-order valence-corrected chi connectivity index (χ1v) is 4.26. The summed E-state index contributed by atoms with van der Waals surface area (Å²) in [6, 6.07) is 7.45. The van der Waals surface area contributed by atoms with Crippen LogP contribution in [0.2, 0.25) is 0 Å². The minimum Gasteiger partial charge on any atom is -0.448 e. The van der Waals surface area contributed by atoms with Crippen LogP contribution in [0, 0.1) is 0 Å². The van der Waals surface area contributed by atoms with Gasteiger partial charge in [-0.05, 0) is 11.6 Å². The molecule has 1 aliphatic heterocycles. The fourth-order valence-corrected chi connectivity index (χ4v) is 1.61. The maximum absolute atomic E-state index is 11.2. The van der Waals surface area contributed by atoms with Crippen molar-refractivity contribution in [3.05, 3.63) is 35.4 Å². The van der Waals surface area contributed by atoms with Crippen LogP contribution >= 0.6 is 12.6 Å². The van der Waals surface area contributed by atoms with Gasteiger partial charge in [-0.1, -0.05) is 18.2 Å². The van der Waals surface area contributed by atoms with Crippen molar-refractivity contribution in [1.29, 1.82) is 0 Å². The fraction of sp³-hybridized carbons (Fsp3) is 0.222. The maximum atomic E-state index is 11.2. The van der Waals surface area contributed by atoms with E-state index in [9.17, 15) is 4.79 Å². The predicted molar refractivity (Wildman–Crippen MR) is 48.3 cm³/mol. The van der Waals surface area contributed by atoms with E-state index in [1.807, 2.05) is 18.2 Å². The Balaban J connectivity index is 2.47. The molecule has 1 aliphatic rings. The van der Waals surface area contributed by atoms with Crippen LogP contribution in [0.15, 0.2) is 24.3 Å². The van der Waals surface area contributed by atoms with Crippen LogP contribution in [0.4, 0.5) is 0 Å². The minimum absolute atomic E-state index is 0.267. The molecule has 3 heteroatoms. The van der Waals surface area contributed by atoms with Gasteiger partial charge in [-0.25, -0.2) is 4.79 Å². The molecule has 0 N–H and O–H groups in total. The van der Waals surface area contributed by atoms with E-state index in [-0.39, 0.29) is 11.4 Å². The average molecular weight is 180 g/mol. The molecule has 1 heterocycles. The third-order valence-corrected chi connectivity index (χ3v) is 2.16. The standard InChI is InChI=1S/C9H8O2S/c10-9-7-4-2-1-3-6(7)5-8(12)11-9/h1-4,8,12H,5H2. The van der Waals surface area contributed by atoms with Crippen LogP contribution in [0.5, 0.6) is 0 Å². The number of carbonyl (C=O) groups is 1. The van der Waals surface area contributed by atoms with Crippen LogP contribution in [-0.4, -0.2) is 11.4 Å². The van der Waals surface area contributed by atoms with Gasteiger partial charge in [-0.2, -0.15) is 0 Å². The van der Waals surface area contributed by atoms with Gasteiger partial charge in [0.15, 0.2) is 0 Å².